The second kappa shape index (κ2) is 8.49. The lowest BCUT2D eigenvalue weighted by Gasteiger charge is -2.11. The van der Waals surface area contributed by atoms with Gasteiger partial charge in [-0.05, 0) is 37.1 Å². The number of fused-ring (bicyclic) bond motifs is 1. The van der Waals surface area contributed by atoms with Crippen LogP contribution in [0.5, 0.6) is 5.75 Å². The van der Waals surface area contributed by atoms with Gasteiger partial charge in [-0.15, -0.1) is 0 Å². The molecule has 1 N–H and O–H groups in total. The Bertz CT molecular complexity index is 1010. The molecular formula is C21H23N3O3. The summed E-state index contributed by atoms with van der Waals surface area (Å²) in [5.74, 6) is 0.452. The van der Waals surface area contributed by atoms with Crippen molar-refractivity contribution in [3.05, 3.63) is 70.1 Å². The van der Waals surface area contributed by atoms with Crippen molar-refractivity contribution in [3.8, 4) is 5.75 Å². The lowest BCUT2D eigenvalue weighted by Crippen LogP contribution is -2.32. The normalized spacial score (nSPS) is 10.7. The van der Waals surface area contributed by atoms with Gasteiger partial charge >= 0.3 is 0 Å². The highest BCUT2D eigenvalue weighted by Gasteiger charge is 2.16. The highest BCUT2D eigenvalue weighted by atomic mass is 16.5. The Morgan fingerprint density at radius 2 is 1.93 bits per heavy atom. The van der Waals surface area contributed by atoms with E-state index in [-0.39, 0.29) is 17.2 Å². The van der Waals surface area contributed by atoms with E-state index in [1.165, 1.54) is 4.68 Å². The molecule has 0 saturated carbocycles. The zero-order valence-corrected chi connectivity index (χ0v) is 15.6. The Morgan fingerprint density at radius 3 is 2.67 bits per heavy atom. The van der Waals surface area contributed by atoms with Crippen LogP contribution in [0.1, 0.15) is 29.4 Å². The molecule has 140 valence electrons. The molecule has 0 fully saturated rings. The second-order valence-electron chi connectivity index (χ2n) is 6.34. The maximum atomic E-state index is 12.6. The van der Waals surface area contributed by atoms with Crippen LogP contribution in [0.2, 0.25) is 0 Å². The van der Waals surface area contributed by atoms with E-state index >= 15 is 0 Å². The fourth-order valence-electron chi connectivity index (χ4n) is 2.89. The van der Waals surface area contributed by atoms with Gasteiger partial charge in [0.1, 0.15) is 12.4 Å². The molecule has 1 aromatic heterocycles. The van der Waals surface area contributed by atoms with Crippen molar-refractivity contribution in [2.45, 2.75) is 26.8 Å². The van der Waals surface area contributed by atoms with Crippen LogP contribution in [0.25, 0.3) is 10.8 Å². The number of rotatable bonds is 7. The molecule has 6 heteroatoms. The van der Waals surface area contributed by atoms with Crippen LogP contribution in [0.4, 0.5) is 0 Å². The molecule has 27 heavy (non-hydrogen) atoms. The van der Waals surface area contributed by atoms with Gasteiger partial charge in [-0.3, -0.25) is 9.59 Å². The third-order valence-corrected chi connectivity index (χ3v) is 4.16. The Hall–Kier alpha value is -3.15. The van der Waals surface area contributed by atoms with Gasteiger partial charge in [0.25, 0.3) is 11.5 Å². The molecule has 1 heterocycles. The van der Waals surface area contributed by atoms with Crippen LogP contribution >= 0.6 is 0 Å². The molecule has 2 aromatic carbocycles. The van der Waals surface area contributed by atoms with Crippen molar-refractivity contribution in [2.75, 3.05) is 13.2 Å². The first-order valence-corrected chi connectivity index (χ1v) is 9.07. The lowest BCUT2D eigenvalue weighted by molar-refractivity contribution is 0.0941. The predicted octanol–water partition coefficient (Wildman–Crippen LogP) is 2.92. The number of nitrogens with one attached hydrogen (secondary N) is 1. The van der Waals surface area contributed by atoms with Crippen molar-refractivity contribution in [2.24, 2.45) is 0 Å². The monoisotopic (exact) mass is 365 g/mol. The summed E-state index contributed by atoms with van der Waals surface area (Å²) >= 11 is 0. The standard InChI is InChI=1S/C21H23N3O3/c1-3-12-24-21(26)18-10-5-4-9-17(18)19(23-24)20(25)22-11-13-27-16-8-6-7-15(2)14-16/h4-10,14H,3,11-13H2,1-2H3,(H,22,25). The third-order valence-electron chi connectivity index (χ3n) is 4.16. The number of aryl methyl sites for hydroxylation is 2. The highest BCUT2D eigenvalue weighted by molar-refractivity contribution is 6.04. The summed E-state index contributed by atoms with van der Waals surface area (Å²) in [6.07, 6.45) is 0.761. The molecule has 0 radical (unpaired) electrons. The van der Waals surface area contributed by atoms with Crippen LogP contribution < -0.4 is 15.6 Å². The number of benzene rings is 2. The molecule has 0 aliphatic rings. The number of hydrogen-bond acceptors (Lipinski definition) is 4. The molecule has 0 aliphatic heterocycles. The van der Waals surface area contributed by atoms with Crippen LogP contribution in [-0.2, 0) is 6.54 Å². The minimum Gasteiger partial charge on any atom is -0.492 e. The number of aromatic nitrogens is 2. The first-order chi connectivity index (χ1) is 13.1. The molecule has 0 atom stereocenters. The van der Waals surface area contributed by atoms with Gasteiger partial charge in [0, 0.05) is 11.9 Å². The van der Waals surface area contributed by atoms with E-state index in [1.807, 2.05) is 38.1 Å². The van der Waals surface area contributed by atoms with E-state index in [2.05, 4.69) is 10.4 Å². The molecule has 1 amide bonds. The summed E-state index contributed by atoms with van der Waals surface area (Å²) in [5.41, 5.74) is 1.20. The SMILES string of the molecule is CCCn1nc(C(=O)NCCOc2cccc(C)c2)c2ccccc2c1=O. The summed E-state index contributed by atoms with van der Waals surface area (Å²) in [7, 11) is 0. The van der Waals surface area contributed by atoms with E-state index < -0.39 is 0 Å². The summed E-state index contributed by atoms with van der Waals surface area (Å²) in [4.78, 5) is 25.1. The third kappa shape index (κ3) is 4.34. The van der Waals surface area contributed by atoms with E-state index in [1.54, 1.807) is 24.3 Å². The topological polar surface area (TPSA) is 73.2 Å². The molecule has 0 bridgehead atoms. The van der Waals surface area contributed by atoms with Gasteiger partial charge in [0.05, 0.1) is 11.9 Å². The van der Waals surface area contributed by atoms with E-state index in [0.717, 1.165) is 17.7 Å². The Kier molecular flexibility index (Phi) is 5.86. The number of nitrogens with zero attached hydrogens (tertiary/aromatic N) is 2. The molecule has 0 saturated heterocycles. The number of ether oxygens (including phenoxy) is 1. The van der Waals surface area contributed by atoms with E-state index in [9.17, 15) is 9.59 Å². The fraction of sp³-hybridized carbons (Fsp3) is 0.286. The second-order valence-corrected chi connectivity index (χ2v) is 6.34. The largest absolute Gasteiger partial charge is 0.492 e. The molecule has 0 spiro atoms. The maximum Gasteiger partial charge on any atom is 0.274 e. The summed E-state index contributed by atoms with van der Waals surface area (Å²) in [6, 6.07) is 14.8. The maximum absolute atomic E-state index is 12.6. The lowest BCUT2D eigenvalue weighted by atomic mass is 10.1. The summed E-state index contributed by atoms with van der Waals surface area (Å²) in [5, 5.41) is 8.18. The minimum atomic E-state index is -0.316. The van der Waals surface area contributed by atoms with Crippen molar-refractivity contribution < 1.29 is 9.53 Å². The zero-order chi connectivity index (χ0) is 19.2. The summed E-state index contributed by atoms with van der Waals surface area (Å²) in [6.45, 7) is 5.13. The van der Waals surface area contributed by atoms with Gasteiger partial charge in [0.15, 0.2) is 5.69 Å². The van der Waals surface area contributed by atoms with Gasteiger partial charge in [-0.25, -0.2) is 4.68 Å². The van der Waals surface area contributed by atoms with Crippen molar-refractivity contribution in [1.82, 2.24) is 15.1 Å². The van der Waals surface area contributed by atoms with Gasteiger partial charge in [-0.1, -0.05) is 37.3 Å². The average molecular weight is 365 g/mol. The number of hydrogen-bond donors (Lipinski definition) is 1. The first-order valence-electron chi connectivity index (χ1n) is 9.07. The molecule has 6 nitrogen and oxygen atoms in total. The van der Waals surface area contributed by atoms with Crippen LogP contribution in [0, 0.1) is 6.92 Å². The molecule has 3 aromatic rings. The Balaban J connectivity index is 1.73. The molecule has 3 rings (SSSR count). The fourth-order valence-corrected chi connectivity index (χ4v) is 2.89. The quantitative estimate of drug-likeness (QED) is 0.654. The highest BCUT2D eigenvalue weighted by Crippen LogP contribution is 2.14. The Morgan fingerprint density at radius 1 is 1.15 bits per heavy atom. The van der Waals surface area contributed by atoms with Crippen LogP contribution in [0.3, 0.4) is 0 Å². The average Bonchev–Trinajstić information content (AvgIpc) is 2.67. The van der Waals surface area contributed by atoms with Gasteiger partial charge < -0.3 is 10.1 Å². The number of carbonyl (C=O) groups excluding carboxylic acids is 1. The number of amides is 1. The molecule has 0 aliphatic carbocycles. The van der Waals surface area contributed by atoms with Gasteiger partial charge in [-0.2, -0.15) is 5.10 Å². The molecular weight excluding hydrogens is 342 g/mol. The van der Waals surface area contributed by atoms with E-state index in [0.29, 0.717) is 30.5 Å². The molecule has 0 unspecified atom stereocenters. The van der Waals surface area contributed by atoms with Gasteiger partial charge in [0.2, 0.25) is 0 Å². The zero-order valence-electron chi connectivity index (χ0n) is 15.6. The number of carbonyl (C=O) groups is 1. The summed E-state index contributed by atoms with van der Waals surface area (Å²) < 4.78 is 7.01. The van der Waals surface area contributed by atoms with Crippen LogP contribution in [-0.4, -0.2) is 28.8 Å². The van der Waals surface area contributed by atoms with Crippen molar-refractivity contribution in [3.63, 3.8) is 0 Å². The predicted molar refractivity (Wildman–Crippen MR) is 105 cm³/mol. The smallest absolute Gasteiger partial charge is 0.274 e. The van der Waals surface area contributed by atoms with Crippen molar-refractivity contribution >= 4 is 16.7 Å². The van der Waals surface area contributed by atoms with Crippen molar-refractivity contribution in [1.29, 1.82) is 0 Å². The minimum absolute atomic E-state index is 0.174. The Labute approximate surface area is 157 Å². The van der Waals surface area contributed by atoms with Crippen LogP contribution in [0.15, 0.2) is 53.3 Å². The first kappa shape index (κ1) is 18.6. The van der Waals surface area contributed by atoms with E-state index in [4.69, 9.17) is 4.74 Å².